The van der Waals surface area contributed by atoms with Crippen molar-refractivity contribution < 1.29 is 42.1 Å². The molecule has 0 aromatic carbocycles. The number of nitrogens with zero attached hydrogens (tertiary/aromatic N) is 1. The highest BCUT2D eigenvalue weighted by Crippen LogP contribution is 2.38. The average molecular weight is 1000 g/mol. The van der Waals surface area contributed by atoms with Gasteiger partial charge >= 0.3 is 11.9 Å². The van der Waals surface area contributed by atoms with Gasteiger partial charge in [0.15, 0.2) is 6.10 Å². The standard InChI is InChI=1S/C60H110NO8P/c1-6-8-10-12-14-16-18-20-22-24-26-28-30-32-34-36-38-40-42-44-46-48-50-52-59(62)66-56-58(57-68-70(64,65)67-55-54-61(3,4)5)69-60(63)53-51-49-47-45-43-41-39-37-35-33-31-29-27-25-23-21-19-17-15-13-11-9-7-2/h18-21,24-27,31,33,58H,6-17,22-23,28-30,32,34-57H2,1-5H3/b20-18-,21-19-,26-24-,27-25-,33-31-. The van der Waals surface area contributed by atoms with E-state index in [9.17, 15) is 19.0 Å². The van der Waals surface area contributed by atoms with E-state index in [1.54, 1.807) is 0 Å². The second-order valence-electron chi connectivity index (χ2n) is 20.6. The number of quaternary nitrogens is 1. The quantitative estimate of drug-likeness (QED) is 0.0195. The molecule has 0 amide bonds. The Morgan fingerprint density at radius 1 is 0.443 bits per heavy atom. The Morgan fingerprint density at radius 3 is 1.14 bits per heavy atom. The Morgan fingerprint density at radius 2 is 0.771 bits per heavy atom. The summed E-state index contributed by atoms with van der Waals surface area (Å²) in [5.74, 6) is -0.839. The van der Waals surface area contributed by atoms with Crippen molar-refractivity contribution in [1.82, 2.24) is 0 Å². The summed E-state index contributed by atoms with van der Waals surface area (Å²) in [6, 6.07) is 0. The van der Waals surface area contributed by atoms with Gasteiger partial charge in [-0.3, -0.25) is 14.2 Å². The summed E-state index contributed by atoms with van der Waals surface area (Å²) in [6.45, 7) is 4.23. The van der Waals surface area contributed by atoms with Crippen LogP contribution in [-0.4, -0.2) is 70.0 Å². The van der Waals surface area contributed by atoms with Gasteiger partial charge in [-0.15, -0.1) is 0 Å². The van der Waals surface area contributed by atoms with Gasteiger partial charge in [0.25, 0.3) is 7.82 Å². The van der Waals surface area contributed by atoms with Crippen LogP contribution in [0.5, 0.6) is 0 Å². The van der Waals surface area contributed by atoms with Gasteiger partial charge in [-0.1, -0.05) is 222 Å². The molecule has 0 aliphatic carbocycles. The molecule has 408 valence electrons. The fourth-order valence-electron chi connectivity index (χ4n) is 7.99. The number of carbonyl (C=O) groups is 2. The number of phosphoric ester groups is 1. The van der Waals surface area contributed by atoms with Crippen molar-refractivity contribution in [3.8, 4) is 0 Å². The van der Waals surface area contributed by atoms with E-state index in [0.29, 0.717) is 17.4 Å². The molecule has 0 saturated heterocycles. The molecular formula is C60H110NO8P. The second kappa shape index (κ2) is 51.6. The minimum absolute atomic E-state index is 0.0344. The van der Waals surface area contributed by atoms with E-state index in [1.165, 1.54) is 161 Å². The average Bonchev–Trinajstić information content (AvgIpc) is 3.32. The lowest BCUT2D eigenvalue weighted by Crippen LogP contribution is -2.37. The molecule has 0 aromatic heterocycles. The molecule has 0 aliphatic heterocycles. The van der Waals surface area contributed by atoms with E-state index in [0.717, 1.165) is 64.2 Å². The van der Waals surface area contributed by atoms with E-state index in [1.807, 2.05) is 21.1 Å². The van der Waals surface area contributed by atoms with Crippen LogP contribution in [-0.2, 0) is 32.7 Å². The Bertz CT molecular complexity index is 1370. The molecule has 0 spiro atoms. The molecule has 0 rings (SSSR count). The first-order valence-electron chi connectivity index (χ1n) is 29.0. The number of unbranched alkanes of at least 4 members (excludes halogenated alkanes) is 29. The van der Waals surface area contributed by atoms with E-state index in [2.05, 4.69) is 74.6 Å². The summed E-state index contributed by atoms with van der Waals surface area (Å²) >= 11 is 0. The maximum Gasteiger partial charge on any atom is 0.306 e. The molecule has 0 radical (unpaired) electrons. The highest BCUT2D eigenvalue weighted by Gasteiger charge is 2.22. The van der Waals surface area contributed by atoms with Crippen LogP contribution >= 0.6 is 7.82 Å². The smallest absolute Gasteiger partial charge is 0.306 e. The lowest BCUT2D eigenvalue weighted by atomic mass is 10.0. The van der Waals surface area contributed by atoms with Gasteiger partial charge in [0.2, 0.25) is 0 Å². The summed E-state index contributed by atoms with van der Waals surface area (Å²) < 4.78 is 34.2. The molecule has 0 saturated carbocycles. The molecular weight excluding hydrogens is 894 g/mol. The van der Waals surface area contributed by atoms with Crippen LogP contribution in [0, 0.1) is 0 Å². The molecule has 70 heavy (non-hydrogen) atoms. The van der Waals surface area contributed by atoms with E-state index >= 15 is 0 Å². The number of hydrogen-bond acceptors (Lipinski definition) is 8. The molecule has 0 N–H and O–H groups in total. The predicted octanol–water partition coefficient (Wildman–Crippen LogP) is 17.3. The van der Waals surface area contributed by atoms with Crippen LogP contribution in [0.25, 0.3) is 0 Å². The number of rotatable bonds is 53. The third-order valence-corrected chi connectivity index (χ3v) is 13.5. The molecule has 0 bridgehead atoms. The SMILES string of the molecule is CCCCCCC/C=C\C/C=C\C/C=C\CCCCCCCCCCC(=O)OC(COC(=O)CCCCCCCCCCCCC/C=C\C/C=C\CCCCCCC)COP(=O)([O-])OCC[N+](C)(C)C. The van der Waals surface area contributed by atoms with Crippen molar-refractivity contribution in [1.29, 1.82) is 0 Å². The maximum absolute atomic E-state index is 12.8. The van der Waals surface area contributed by atoms with Crippen molar-refractivity contribution in [2.75, 3.05) is 47.5 Å². The Labute approximate surface area is 432 Å². The zero-order chi connectivity index (χ0) is 51.3. The van der Waals surface area contributed by atoms with Crippen LogP contribution in [0.3, 0.4) is 0 Å². The van der Waals surface area contributed by atoms with Crippen LogP contribution in [0.2, 0.25) is 0 Å². The molecule has 2 unspecified atom stereocenters. The van der Waals surface area contributed by atoms with Gasteiger partial charge in [0.1, 0.15) is 19.8 Å². The highest BCUT2D eigenvalue weighted by atomic mass is 31.2. The van der Waals surface area contributed by atoms with Gasteiger partial charge in [-0.2, -0.15) is 0 Å². The van der Waals surface area contributed by atoms with Crippen molar-refractivity contribution in [3.63, 3.8) is 0 Å². The summed E-state index contributed by atoms with van der Waals surface area (Å²) in [5, 5.41) is 0. The normalized spacial score (nSPS) is 13.7. The molecule has 0 aliphatic rings. The summed E-state index contributed by atoms with van der Waals surface area (Å²) in [5.41, 5.74) is 0. The van der Waals surface area contributed by atoms with Crippen molar-refractivity contribution in [2.24, 2.45) is 0 Å². The van der Waals surface area contributed by atoms with Crippen LogP contribution in [0.4, 0.5) is 0 Å². The predicted molar refractivity (Wildman–Crippen MR) is 296 cm³/mol. The van der Waals surface area contributed by atoms with Gasteiger partial charge in [-0.25, -0.2) is 0 Å². The number of likely N-dealkylation sites (N-methyl/N-ethyl adjacent to an activating group) is 1. The third kappa shape index (κ3) is 55.0. The fourth-order valence-corrected chi connectivity index (χ4v) is 8.72. The third-order valence-electron chi connectivity index (χ3n) is 12.5. The molecule has 0 aromatic rings. The number of ether oxygens (including phenoxy) is 2. The number of esters is 2. The van der Waals surface area contributed by atoms with E-state index in [4.69, 9.17) is 18.5 Å². The Hall–Kier alpha value is -2.29. The first-order valence-corrected chi connectivity index (χ1v) is 30.5. The zero-order valence-electron chi connectivity index (χ0n) is 46.2. The molecule has 10 heteroatoms. The molecule has 2 atom stereocenters. The van der Waals surface area contributed by atoms with Gasteiger partial charge in [0.05, 0.1) is 27.7 Å². The number of phosphoric acid groups is 1. The first-order chi connectivity index (χ1) is 34.0. The lowest BCUT2D eigenvalue weighted by Gasteiger charge is -2.28. The first kappa shape index (κ1) is 67.7. The van der Waals surface area contributed by atoms with Gasteiger partial charge in [0, 0.05) is 12.8 Å². The molecule has 0 fully saturated rings. The summed E-state index contributed by atoms with van der Waals surface area (Å²) in [6.07, 6.45) is 65.4. The Balaban J connectivity index is 4.20. The fraction of sp³-hybridized carbons (Fsp3) is 0.800. The highest BCUT2D eigenvalue weighted by molar-refractivity contribution is 7.45. The number of carbonyl (C=O) groups excluding carboxylic acids is 2. The number of allylic oxidation sites excluding steroid dienone is 10. The lowest BCUT2D eigenvalue weighted by molar-refractivity contribution is -0.870. The maximum atomic E-state index is 12.8. The number of hydrogen-bond donors (Lipinski definition) is 0. The monoisotopic (exact) mass is 1000 g/mol. The summed E-state index contributed by atoms with van der Waals surface area (Å²) in [4.78, 5) is 37.9. The van der Waals surface area contributed by atoms with E-state index in [-0.39, 0.29) is 32.0 Å². The van der Waals surface area contributed by atoms with Crippen LogP contribution < -0.4 is 4.89 Å². The molecule has 0 heterocycles. The van der Waals surface area contributed by atoms with Crippen molar-refractivity contribution in [2.45, 2.75) is 264 Å². The van der Waals surface area contributed by atoms with Crippen LogP contribution in [0.1, 0.15) is 258 Å². The topological polar surface area (TPSA) is 111 Å². The van der Waals surface area contributed by atoms with Crippen LogP contribution in [0.15, 0.2) is 60.8 Å². The summed E-state index contributed by atoms with van der Waals surface area (Å²) in [7, 11) is 1.16. The largest absolute Gasteiger partial charge is 0.756 e. The Kier molecular flexibility index (Phi) is 49.9. The molecule has 9 nitrogen and oxygen atoms in total. The van der Waals surface area contributed by atoms with Gasteiger partial charge < -0.3 is 27.9 Å². The minimum atomic E-state index is -4.64. The van der Waals surface area contributed by atoms with Crippen molar-refractivity contribution >= 4 is 19.8 Å². The zero-order valence-corrected chi connectivity index (χ0v) is 47.1. The second-order valence-corrected chi connectivity index (χ2v) is 22.1. The van der Waals surface area contributed by atoms with Gasteiger partial charge in [-0.05, 0) is 83.5 Å². The van der Waals surface area contributed by atoms with Crippen molar-refractivity contribution in [3.05, 3.63) is 60.8 Å². The van der Waals surface area contributed by atoms with E-state index < -0.39 is 26.5 Å². The minimum Gasteiger partial charge on any atom is -0.756 e.